The van der Waals surface area contributed by atoms with Crippen LogP contribution in [0.1, 0.15) is 27.8 Å². The lowest BCUT2D eigenvalue weighted by atomic mass is 10.3. The Labute approximate surface area is 114 Å². The van der Waals surface area contributed by atoms with Crippen LogP contribution in [0.4, 0.5) is 0 Å². The first kappa shape index (κ1) is 12.3. The molecule has 3 rings (SSSR count). The number of rotatable bonds is 3. The maximum absolute atomic E-state index is 11.8. The molecule has 1 N–H and O–H groups in total. The minimum absolute atomic E-state index is 0.0300. The fourth-order valence-electron chi connectivity index (χ4n) is 1.93. The van der Waals surface area contributed by atoms with Gasteiger partial charge in [0.05, 0.1) is 12.2 Å². The molecule has 0 aliphatic heterocycles. The average Bonchev–Trinajstić information content (AvgIpc) is 3.03. The van der Waals surface area contributed by atoms with E-state index in [2.05, 4.69) is 20.4 Å². The predicted octanol–water partition coefficient (Wildman–Crippen LogP) is 1.26. The number of aryl methyl sites for hydroxylation is 2. The van der Waals surface area contributed by atoms with Gasteiger partial charge in [-0.25, -0.2) is 4.98 Å². The van der Waals surface area contributed by atoms with Crippen molar-refractivity contribution in [1.29, 1.82) is 0 Å². The van der Waals surface area contributed by atoms with Gasteiger partial charge in [0.15, 0.2) is 0 Å². The Morgan fingerprint density at radius 2 is 2.25 bits per heavy atom. The molecule has 0 aliphatic carbocycles. The second kappa shape index (κ2) is 4.76. The summed E-state index contributed by atoms with van der Waals surface area (Å²) in [5.74, 6) is 0.0107. The summed E-state index contributed by atoms with van der Waals surface area (Å²) in [6.45, 7) is 3.94. The van der Waals surface area contributed by atoms with Crippen molar-refractivity contribution in [3.63, 3.8) is 0 Å². The summed E-state index contributed by atoms with van der Waals surface area (Å²) in [4.78, 5) is 20.1. The van der Waals surface area contributed by atoms with Crippen LogP contribution in [-0.4, -0.2) is 25.4 Å². The first-order chi connectivity index (χ1) is 9.63. The lowest BCUT2D eigenvalue weighted by Gasteiger charge is -1.97. The lowest BCUT2D eigenvalue weighted by Crippen LogP contribution is -2.24. The second-order valence-corrected chi connectivity index (χ2v) is 4.47. The molecule has 1 amide bonds. The molecule has 0 spiro atoms. The molecule has 0 fully saturated rings. The standard InChI is InChI=1S/C13H13N5O2/c1-8-4-3-5-18-7-10(16-12(8)18)6-14-13(19)11-15-9(2)20-17-11/h3-5,7H,6H2,1-2H3,(H,14,19). The Balaban J connectivity index is 1.74. The zero-order valence-corrected chi connectivity index (χ0v) is 11.1. The molecule has 7 heteroatoms. The molecule has 0 saturated heterocycles. The highest BCUT2D eigenvalue weighted by atomic mass is 16.5. The van der Waals surface area contributed by atoms with Crippen LogP contribution in [0, 0.1) is 13.8 Å². The molecule has 0 saturated carbocycles. The first-order valence-electron chi connectivity index (χ1n) is 6.15. The Bertz CT molecular complexity index is 774. The third-order valence-corrected chi connectivity index (χ3v) is 2.89. The van der Waals surface area contributed by atoms with Gasteiger partial charge in [-0.15, -0.1) is 0 Å². The van der Waals surface area contributed by atoms with E-state index in [1.165, 1.54) is 0 Å². The number of pyridine rings is 1. The van der Waals surface area contributed by atoms with Crippen LogP contribution in [0.25, 0.3) is 5.65 Å². The van der Waals surface area contributed by atoms with E-state index >= 15 is 0 Å². The number of carbonyl (C=O) groups is 1. The normalized spacial score (nSPS) is 10.9. The molecule has 3 aromatic rings. The van der Waals surface area contributed by atoms with E-state index in [0.717, 1.165) is 16.9 Å². The van der Waals surface area contributed by atoms with Gasteiger partial charge in [-0.2, -0.15) is 4.98 Å². The molecule has 0 radical (unpaired) electrons. The van der Waals surface area contributed by atoms with Crippen LogP contribution >= 0.6 is 0 Å². The first-order valence-corrected chi connectivity index (χ1v) is 6.15. The summed E-state index contributed by atoms with van der Waals surface area (Å²) in [5, 5.41) is 6.27. The molecule has 7 nitrogen and oxygen atoms in total. The largest absolute Gasteiger partial charge is 0.343 e. The molecule has 3 heterocycles. The maximum atomic E-state index is 11.8. The lowest BCUT2D eigenvalue weighted by molar-refractivity contribution is 0.0937. The zero-order chi connectivity index (χ0) is 14.1. The SMILES string of the molecule is Cc1nc(C(=O)NCc2cn3cccc(C)c3n2)no1. The minimum Gasteiger partial charge on any atom is -0.343 e. The monoisotopic (exact) mass is 271 g/mol. The average molecular weight is 271 g/mol. The molecule has 0 atom stereocenters. The Morgan fingerprint density at radius 3 is 2.95 bits per heavy atom. The highest BCUT2D eigenvalue weighted by Gasteiger charge is 2.13. The van der Waals surface area contributed by atoms with E-state index in [1.807, 2.05) is 35.9 Å². The van der Waals surface area contributed by atoms with Crippen molar-refractivity contribution in [3.05, 3.63) is 47.5 Å². The molecule has 0 bridgehead atoms. The van der Waals surface area contributed by atoms with E-state index < -0.39 is 0 Å². The van der Waals surface area contributed by atoms with Gasteiger partial charge < -0.3 is 14.2 Å². The number of fused-ring (bicyclic) bond motifs is 1. The third-order valence-electron chi connectivity index (χ3n) is 2.89. The van der Waals surface area contributed by atoms with Crippen LogP contribution < -0.4 is 5.32 Å². The van der Waals surface area contributed by atoms with Gasteiger partial charge >= 0.3 is 0 Å². The van der Waals surface area contributed by atoms with Crippen molar-refractivity contribution in [2.75, 3.05) is 0 Å². The zero-order valence-electron chi connectivity index (χ0n) is 11.1. The summed E-state index contributed by atoms with van der Waals surface area (Å²) in [5.41, 5.74) is 2.74. The molecule has 20 heavy (non-hydrogen) atoms. The number of hydrogen-bond acceptors (Lipinski definition) is 5. The van der Waals surface area contributed by atoms with Crippen LogP contribution in [0.3, 0.4) is 0 Å². The van der Waals surface area contributed by atoms with Crippen molar-refractivity contribution in [2.24, 2.45) is 0 Å². The van der Waals surface area contributed by atoms with E-state index in [0.29, 0.717) is 12.4 Å². The van der Waals surface area contributed by atoms with Gasteiger partial charge in [0, 0.05) is 19.3 Å². The molecular weight excluding hydrogens is 258 g/mol. The Hall–Kier alpha value is -2.70. The number of carbonyl (C=O) groups excluding carboxylic acids is 1. The second-order valence-electron chi connectivity index (χ2n) is 4.47. The van der Waals surface area contributed by atoms with Gasteiger partial charge in [0.2, 0.25) is 5.89 Å². The summed E-state index contributed by atoms with van der Waals surface area (Å²) in [6.07, 6.45) is 3.80. The molecule has 0 aliphatic rings. The number of imidazole rings is 1. The fraction of sp³-hybridized carbons (Fsp3) is 0.231. The van der Waals surface area contributed by atoms with Crippen LogP contribution in [0.15, 0.2) is 29.0 Å². The Kier molecular flexibility index (Phi) is 2.94. The van der Waals surface area contributed by atoms with Crippen LogP contribution in [0.2, 0.25) is 0 Å². The van der Waals surface area contributed by atoms with E-state index in [-0.39, 0.29) is 11.7 Å². The van der Waals surface area contributed by atoms with Crippen molar-refractivity contribution in [1.82, 2.24) is 24.8 Å². The fourth-order valence-corrected chi connectivity index (χ4v) is 1.93. The summed E-state index contributed by atoms with van der Waals surface area (Å²) < 4.78 is 6.69. The van der Waals surface area contributed by atoms with Gasteiger partial charge in [-0.05, 0) is 18.6 Å². The van der Waals surface area contributed by atoms with Gasteiger partial charge in [0.1, 0.15) is 5.65 Å². The van der Waals surface area contributed by atoms with E-state index in [1.54, 1.807) is 6.92 Å². The molecular formula is C13H13N5O2. The predicted molar refractivity (Wildman–Crippen MR) is 70.1 cm³/mol. The van der Waals surface area contributed by atoms with E-state index in [4.69, 9.17) is 4.52 Å². The number of aromatic nitrogens is 4. The van der Waals surface area contributed by atoms with Gasteiger partial charge in [0.25, 0.3) is 11.7 Å². The van der Waals surface area contributed by atoms with Gasteiger partial charge in [-0.1, -0.05) is 11.2 Å². The number of amides is 1. The maximum Gasteiger partial charge on any atom is 0.293 e. The molecule has 102 valence electrons. The number of nitrogens with zero attached hydrogens (tertiary/aromatic N) is 4. The van der Waals surface area contributed by atoms with Crippen molar-refractivity contribution in [3.8, 4) is 0 Å². The Morgan fingerprint density at radius 1 is 1.40 bits per heavy atom. The van der Waals surface area contributed by atoms with Crippen molar-refractivity contribution in [2.45, 2.75) is 20.4 Å². The topological polar surface area (TPSA) is 85.3 Å². The highest BCUT2D eigenvalue weighted by molar-refractivity contribution is 5.90. The molecule has 0 unspecified atom stereocenters. The van der Waals surface area contributed by atoms with E-state index in [9.17, 15) is 4.79 Å². The highest BCUT2D eigenvalue weighted by Crippen LogP contribution is 2.09. The summed E-state index contributed by atoms with van der Waals surface area (Å²) >= 11 is 0. The summed E-state index contributed by atoms with van der Waals surface area (Å²) in [7, 11) is 0. The third kappa shape index (κ3) is 2.25. The molecule has 0 aromatic carbocycles. The smallest absolute Gasteiger partial charge is 0.293 e. The number of nitrogens with one attached hydrogen (secondary N) is 1. The number of hydrogen-bond donors (Lipinski definition) is 1. The van der Waals surface area contributed by atoms with Crippen LogP contribution in [0.5, 0.6) is 0 Å². The van der Waals surface area contributed by atoms with Crippen LogP contribution in [-0.2, 0) is 6.54 Å². The van der Waals surface area contributed by atoms with Crippen molar-refractivity contribution >= 4 is 11.6 Å². The van der Waals surface area contributed by atoms with Gasteiger partial charge in [-0.3, -0.25) is 4.79 Å². The quantitative estimate of drug-likeness (QED) is 0.775. The van der Waals surface area contributed by atoms with Crippen molar-refractivity contribution < 1.29 is 9.32 Å². The molecule has 3 aromatic heterocycles. The minimum atomic E-state index is -0.379. The summed E-state index contributed by atoms with van der Waals surface area (Å²) in [6, 6.07) is 3.95.